The van der Waals surface area contributed by atoms with E-state index in [-0.39, 0.29) is 56.2 Å². The molecule has 50 heavy (non-hydrogen) atoms. The molecule has 0 rings (SSSR count). The number of rotatable bonds is 34. The quantitative estimate of drug-likeness (QED) is 0.0475. The van der Waals surface area contributed by atoms with Gasteiger partial charge in [-0.05, 0) is 57.8 Å². The lowest BCUT2D eigenvalue weighted by molar-refractivity contribution is -0.142. The monoisotopic (exact) mass is 716 g/mol. The van der Waals surface area contributed by atoms with Crippen LogP contribution in [0.3, 0.4) is 0 Å². The second-order valence-corrected chi connectivity index (χ2v) is 12.2. The van der Waals surface area contributed by atoms with Crippen LogP contribution in [-0.2, 0) is 43.0 Å². The summed E-state index contributed by atoms with van der Waals surface area (Å²) >= 11 is 0. The van der Waals surface area contributed by atoms with Gasteiger partial charge in [-0.2, -0.15) is 0 Å². The molecule has 0 aromatic heterocycles. The van der Waals surface area contributed by atoms with E-state index in [1.807, 2.05) is 0 Å². The van der Waals surface area contributed by atoms with Gasteiger partial charge in [-0.3, -0.25) is 28.8 Å². The van der Waals surface area contributed by atoms with E-state index in [1.54, 1.807) is 6.92 Å². The minimum absolute atomic E-state index is 0.0276. The topological polar surface area (TPSA) is 247 Å². The lowest BCUT2D eigenvalue weighted by Gasteiger charge is -2.14. The van der Waals surface area contributed by atoms with Crippen molar-refractivity contribution < 1.29 is 58.4 Å². The van der Waals surface area contributed by atoms with Crippen LogP contribution in [0.25, 0.3) is 0 Å². The van der Waals surface area contributed by atoms with Crippen molar-refractivity contribution in [2.75, 3.05) is 46.1 Å². The number of carboxylic acids is 3. The molecule has 16 nitrogen and oxygen atoms in total. The number of ether oxygens (including phenoxy) is 2. The van der Waals surface area contributed by atoms with Crippen molar-refractivity contribution in [3.8, 4) is 0 Å². The zero-order chi connectivity index (χ0) is 37.4. The molecule has 0 aliphatic carbocycles. The van der Waals surface area contributed by atoms with E-state index >= 15 is 0 Å². The van der Waals surface area contributed by atoms with Gasteiger partial charge in [0.1, 0.15) is 6.04 Å². The zero-order valence-corrected chi connectivity index (χ0v) is 29.6. The molecule has 0 bridgehead atoms. The van der Waals surface area contributed by atoms with Gasteiger partial charge in [0.15, 0.2) is 0 Å². The highest BCUT2D eigenvalue weighted by Crippen LogP contribution is 2.08. The third-order valence-corrected chi connectivity index (χ3v) is 7.63. The number of carbonyl (C=O) groups is 7. The molecule has 0 saturated carbocycles. The van der Waals surface area contributed by atoms with E-state index in [0.29, 0.717) is 104 Å². The third kappa shape index (κ3) is 30.3. The van der Waals surface area contributed by atoms with Crippen molar-refractivity contribution in [1.82, 2.24) is 21.3 Å². The summed E-state index contributed by atoms with van der Waals surface area (Å²) < 4.78 is 11.1. The van der Waals surface area contributed by atoms with Crippen molar-refractivity contribution in [2.45, 2.75) is 122 Å². The van der Waals surface area contributed by atoms with Crippen molar-refractivity contribution in [1.29, 1.82) is 0 Å². The van der Waals surface area contributed by atoms with E-state index < -0.39 is 35.8 Å². The van der Waals surface area contributed by atoms with Gasteiger partial charge in [-0.25, -0.2) is 4.79 Å². The van der Waals surface area contributed by atoms with Gasteiger partial charge in [-0.1, -0.05) is 26.2 Å². The Kier molecular flexibility index (Phi) is 28.8. The molecule has 0 aromatic rings. The Balaban J connectivity index is 3.63. The number of hydrogen-bond donors (Lipinski definition) is 7. The number of carboxylic acid groups (broad SMARTS) is 3. The fourth-order valence-corrected chi connectivity index (χ4v) is 4.55. The number of unbranched alkanes of at least 4 members (excludes halogenated alkanes) is 5. The summed E-state index contributed by atoms with van der Waals surface area (Å²) in [5, 5.41) is 37.5. The summed E-state index contributed by atoms with van der Waals surface area (Å²) in [6, 6.07) is -1.16. The Hall–Kier alpha value is -3.79. The fraction of sp³-hybridized carbons (Fsp3) is 0.794. The molecule has 4 amide bonds. The molecule has 16 heteroatoms. The van der Waals surface area contributed by atoms with Gasteiger partial charge < -0.3 is 46.1 Å². The molecule has 2 atom stereocenters. The Labute approximate surface area is 295 Å². The van der Waals surface area contributed by atoms with Crippen molar-refractivity contribution in [3.05, 3.63) is 0 Å². The predicted octanol–water partition coefficient (Wildman–Crippen LogP) is 2.37. The predicted molar refractivity (Wildman–Crippen MR) is 183 cm³/mol. The largest absolute Gasteiger partial charge is 0.481 e. The lowest BCUT2D eigenvalue weighted by Crippen LogP contribution is -2.41. The molecule has 0 spiro atoms. The van der Waals surface area contributed by atoms with Crippen LogP contribution in [0.15, 0.2) is 0 Å². The molecule has 0 saturated heterocycles. The van der Waals surface area contributed by atoms with E-state index in [9.17, 15) is 38.7 Å². The van der Waals surface area contributed by atoms with Crippen LogP contribution >= 0.6 is 0 Å². The minimum Gasteiger partial charge on any atom is -0.481 e. The summed E-state index contributed by atoms with van der Waals surface area (Å²) in [6.45, 7) is 5.03. The molecule has 0 heterocycles. The van der Waals surface area contributed by atoms with Crippen molar-refractivity contribution in [2.24, 2.45) is 5.92 Å². The SMILES string of the molecule is C[C@@H](CCCCNC(=O)CCC(=O)NCCCOCCCCOCCCNC(=O)CC[C@H](NC(=O)CCCCCCC(=O)O)C(=O)O)C(=O)O. The van der Waals surface area contributed by atoms with E-state index in [0.717, 1.165) is 12.8 Å². The number of hydrogen-bond acceptors (Lipinski definition) is 9. The third-order valence-electron chi connectivity index (χ3n) is 7.63. The standard InChI is InChI=1S/C34H60N4O12/c1-26(33(45)46)12-6-7-19-35-29(40)17-18-30(41)37-21-11-25-50-23-9-8-22-49-24-10-20-36-28(39)16-15-27(34(47)48)38-31(42)13-4-2-3-5-14-32(43)44/h26-27H,2-25H2,1H3,(H,35,40)(H,36,39)(H,37,41)(H,38,42)(H,43,44)(H,45,46)(H,47,48)/t26-,27-/m0/s1. The molecule has 288 valence electrons. The van der Waals surface area contributed by atoms with Crippen LogP contribution in [0.5, 0.6) is 0 Å². The highest BCUT2D eigenvalue weighted by atomic mass is 16.5. The Morgan fingerprint density at radius 3 is 1.46 bits per heavy atom. The molecule has 0 aliphatic rings. The maximum absolute atomic E-state index is 12.1. The summed E-state index contributed by atoms with van der Waals surface area (Å²) in [6.07, 6.45) is 7.64. The first-order valence-electron chi connectivity index (χ1n) is 17.8. The Morgan fingerprint density at radius 1 is 0.480 bits per heavy atom. The molecule has 0 fully saturated rings. The first-order valence-corrected chi connectivity index (χ1v) is 17.8. The average molecular weight is 717 g/mol. The van der Waals surface area contributed by atoms with Gasteiger partial charge >= 0.3 is 17.9 Å². The minimum atomic E-state index is -1.21. The van der Waals surface area contributed by atoms with Crippen LogP contribution in [0.1, 0.15) is 116 Å². The van der Waals surface area contributed by atoms with Crippen molar-refractivity contribution >= 4 is 41.5 Å². The molecule has 0 aromatic carbocycles. The van der Waals surface area contributed by atoms with Crippen LogP contribution in [0.2, 0.25) is 0 Å². The van der Waals surface area contributed by atoms with Crippen LogP contribution in [0.4, 0.5) is 0 Å². The maximum Gasteiger partial charge on any atom is 0.326 e. The first-order chi connectivity index (χ1) is 23.9. The zero-order valence-electron chi connectivity index (χ0n) is 29.6. The average Bonchev–Trinajstić information content (AvgIpc) is 3.06. The number of aliphatic carboxylic acids is 3. The van der Waals surface area contributed by atoms with Gasteiger partial charge in [0.2, 0.25) is 23.6 Å². The Bertz CT molecular complexity index is 1010. The first kappa shape index (κ1) is 46.2. The molecule has 0 aliphatic heterocycles. The van der Waals surface area contributed by atoms with Gasteiger partial charge in [0, 0.05) is 78.2 Å². The molecule has 0 unspecified atom stereocenters. The van der Waals surface area contributed by atoms with Crippen LogP contribution in [0, 0.1) is 5.92 Å². The summed E-state index contributed by atoms with van der Waals surface area (Å²) in [5.41, 5.74) is 0. The second kappa shape index (κ2) is 31.2. The van der Waals surface area contributed by atoms with Gasteiger partial charge in [0.05, 0.1) is 5.92 Å². The molecule has 7 N–H and O–H groups in total. The molecule has 0 radical (unpaired) electrons. The van der Waals surface area contributed by atoms with Gasteiger partial charge in [-0.15, -0.1) is 0 Å². The molecular formula is C34H60N4O12. The smallest absolute Gasteiger partial charge is 0.326 e. The highest BCUT2D eigenvalue weighted by molar-refractivity contribution is 5.84. The number of nitrogens with one attached hydrogen (secondary N) is 4. The fourth-order valence-electron chi connectivity index (χ4n) is 4.55. The van der Waals surface area contributed by atoms with E-state index in [2.05, 4.69) is 21.3 Å². The van der Waals surface area contributed by atoms with Crippen molar-refractivity contribution in [3.63, 3.8) is 0 Å². The number of amides is 4. The normalized spacial score (nSPS) is 12.0. The summed E-state index contributed by atoms with van der Waals surface area (Å²) in [5.74, 6) is -4.40. The van der Waals surface area contributed by atoms with E-state index in [4.69, 9.17) is 19.7 Å². The Morgan fingerprint density at radius 2 is 0.960 bits per heavy atom. The summed E-state index contributed by atoms with van der Waals surface area (Å²) in [4.78, 5) is 80.6. The highest BCUT2D eigenvalue weighted by Gasteiger charge is 2.20. The maximum atomic E-state index is 12.1. The van der Waals surface area contributed by atoms with Crippen LogP contribution in [-0.4, -0.2) is 109 Å². The van der Waals surface area contributed by atoms with Gasteiger partial charge in [0.25, 0.3) is 0 Å². The van der Waals surface area contributed by atoms with E-state index in [1.165, 1.54) is 0 Å². The summed E-state index contributed by atoms with van der Waals surface area (Å²) in [7, 11) is 0. The number of carbonyl (C=O) groups excluding carboxylic acids is 4. The van der Waals surface area contributed by atoms with Crippen LogP contribution < -0.4 is 21.3 Å². The lowest BCUT2D eigenvalue weighted by atomic mass is 10.0. The second-order valence-electron chi connectivity index (χ2n) is 12.2. The molecular weight excluding hydrogens is 656 g/mol.